The monoisotopic (exact) mass is 302 g/mol. The molecule has 0 saturated carbocycles. The Hall–Kier alpha value is -1.65. The Morgan fingerprint density at radius 2 is 1.57 bits per heavy atom. The highest BCUT2D eigenvalue weighted by Gasteiger charge is 2.25. The number of para-hydroxylation sites is 1. The molecule has 0 aliphatic carbocycles. The molecule has 0 amide bonds. The van der Waals surface area contributed by atoms with E-state index in [9.17, 15) is 8.76 Å². The smallest absolute Gasteiger partial charge is 0.0567 e. The summed E-state index contributed by atoms with van der Waals surface area (Å²) in [5, 5.41) is 0. The number of hydrogen-bond donors (Lipinski definition) is 0. The topological polar surface area (TPSA) is 43.4 Å². The SMILES string of the molecule is Cc1ccc(-c2ccccc2N(S(=O)[O-])C(C)(C)C)cc1. The molecular weight excluding hydrogens is 282 g/mol. The van der Waals surface area contributed by atoms with E-state index in [1.165, 1.54) is 9.87 Å². The van der Waals surface area contributed by atoms with E-state index in [1.54, 1.807) is 0 Å². The Morgan fingerprint density at radius 1 is 1.00 bits per heavy atom. The minimum atomic E-state index is -2.33. The molecule has 0 aliphatic rings. The Kier molecular flexibility index (Phi) is 4.49. The second kappa shape index (κ2) is 6.00. The lowest BCUT2D eigenvalue weighted by Crippen LogP contribution is -2.42. The fourth-order valence-corrected chi connectivity index (χ4v) is 3.06. The molecule has 2 aromatic carbocycles. The van der Waals surface area contributed by atoms with E-state index in [0.717, 1.165) is 11.1 Å². The lowest BCUT2D eigenvalue weighted by Gasteiger charge is -2.39. The molecule has 3 nitrogen and oxygen atoms in total. The minimum absolute atomic E-state index is 0.520. The number of aryl methyl sites for hydroxylation is 1. The molecule has 1 atom stereocenters. The zero-order valence-corrected chi connectivity index (χ0v) is 13.6. The van der Waals surface area contributed by atoms with Crippen molar-refractivity contribution in [3.8, 4) is 11.1 Å². The number of benzene rings is 2. The van der Waals surface area contributed by atoms with E-state index >= 15 is 0 Å². The maximum atomic E-state index is 11.7. The van der Waals surface area contributed by atoms with Gasteiger partial charge in [0.1, 0.15) is 0 Å². The molecule has 1 unspecified atom stereocenters. The van der Waals surface area contributed by atoms with E-state index in [1.807, 2.05) is 76.2 Å². The third-order valence-corrected chi connectivity index (χ3v) is 4.29. The number of rotatable bonds is 3. The van der Waals surface area contributed by atoms with Crippen LogP contribution in [0.25, 0.3) is 11.1 Å². The maximum absolute atomic E-state index is 11.7. The number of nitrogens with zero attached hydrogens (tertiary/aromatic N) is 1. The van der Waals surface area contributed by atoms with Gasteiger partial charge in [0, 0.05) is 22.4 Å². The molecule has 0 radical (unpaired) electrons. The molecule has 0 fully saturated rings. The molecule has 0 aromatic heterocycles. The highest BCUT2D eigenvalue weighted by molar-refractivity contribution is 7.80. The van der Waals surface area contributed by atoms with Gasteiger partial charge in [-0.2, -0.15) is 0 Å². The number of hydrogen-bond acceptors (Lipinski definition) is 2. The van der Waals surface area contributed by atoms with Crippen LogP contribution in [0, 0.1) is 6.92 Å². The van der Waals surface area contributed by atoms with Gasteiger partial charge in [-0.1, -0.05) is 48.0 Å². The van der Waals surface area contributed by atoms with Gasteiger partial charge in [-0.15, -0.1) is 0 Å². The lowest BCUT2D eigenvalue weighted by molar-refractivity contribution is 0.498. The molecule has 21 heavy (non-hydrogen) atoms. The fraction of sp³-hybridized carbons (Fsp3) is 0.294. The lowest BCUT2D eigenvalue weighted by atomic mass is 10.0. The first-order valence-electron chi connectivity index (χ1n) is 6.86. The van der Waals surface area contributed by atoms with Crippen molar-refractivity contribution in [2.24, 2.45) is 0 Å². The average molecular weight is 302 g/mol. The highest BCUT2D eigenvalue weighted by Crippen LogP contribution is 2.35. The Morgan fingerprint density at radius 3 is 2.10 bits per heavy atom. The second-order valence-electron chi connectivity index (χ2n) is 6.07. The summed E-state index contributed by atoms with van der Waals surface area (Å²) < 4.78 is 24.8. The first kappa shape index (κ1) is 15.7. The van der Waals surface area contributed by atoms with Crippen LogP contribution >= 0.6 is 0 Å². The van der Waals surface area contributed by atoms with Crippen LogP contribution in [0.1, 0.15) is 26.3 Å². The van der Waals surface area contributed by atoms with E-state index in [0.29, 0.717) is 5.69 Å². The summed E-state index contributed by atoms with van der Waals surface area (Å²) in [6.45, 7) is 7.68. The molecule has 2 aromatic rings. The normalized spacial score (nSPS) is 13.0. The molecule has 2 rings (SSSR count). The van der Waals surface area contributed by atoms with E-state index < -0.39 is 16.8 Å². The van der Waals surface area contributed by atoms with Gasteiger partial charge >= 0.3 is 0 Å². The van der Waals surface area contributed by atoms with E-state index in [4.69, 9.17) is 0 Å². The highest BCUT2D eigenvalue weighted by atomic mass is 32.2. The predicted molar refractivity (Wildman–Crippen MR) is 87.8 cm³/mol. The van der Waals surface area contributed by atoms with Gasteiger partial charge in [-0.3, -0.25) is 8.51 Å². The van der Waals surface area contributed by atoms with Crippen LogP contribution in [-0.2, 0) is 11.3 Å². The van der Waals surface area contributed by atoms with Crippen LogP contribution in [-0.4, -0.2) is 14.3 Å². The summed E-state index contributed by atoms with van der Waals surface area (Å²) in [5.74, 6) is 0. The van der Waals surface area contributed by atoms with Gasteiger partial charge in [-0.25, -0.2) is 0 Å². The quantitative estimate of drug-likeness (QED) is 0.802. The van der Waals surface area contributed by atoms with Crippen LogP contribution in [0.3, 0.4) is 0 Å². The van der Waals surface area contributed by atoms with Gasteiger partial charge in [0.05, 0.1) is 5.69 Å². The van der Waals surface area contributed by atoms with Crippen LogP contribution in [0.2, 0.25) is 0 Å². The van der Waals surface area contributed by atoms with Crippen molar-refractivity contribution < 1.29 is 8.76 Å². The standard InChI is InChI=1S/C17H21NO2S/c1-13-9-11-14(12-10-13)15-7-5-6-8-16(15)18(21(19)20)17(2,3)4/h5-12H,1-4H3,(H,19,20)/p-1. The first-order chi connectivity index (χ1) is 9.80. The van der Waals surface area contributed by atoms with Crippen LogP contribution in [0.15, 0.2) is 48.5 Å². The molecule has 112 valence electrons. The minimum Gasteiger partial charge on any atom is -0.755 e. The maximum Gasteiger partial charge on any atom is 0.0567 e. The summed E-state index contributed by atoms with van der Waals surface area (Å²) in [4.78, 5) is 0. The van der Waals surface area contributed by atoms with Crippen molar-refractivity contribution in [2.45, 2.75) is 33.2 Å². The number of anilines is 1. The van der Waals surface area contributed by atoms with Gasteiger partial charge in [0.2, 0.25) is 0 Å². The zero-order chi connectivity index (χ0) is 15.6. The molecular formula is C17H20NO2S-. The third kappa shape index (κ3) is 3.52. The van der Waals surface area contributed by atoms with Crippen molar-refractivity contribution in [1.29, 1.82) is 0 Å². The zero-order valence-electron chi connectivity index (χ0n) is 12.8. The van der Waals surface area contributed by atoms with Gasteiger partial charge < -0.3 is 4.55 Å². The first-order valence-corrected chi connectivity index (χ1v) is 7.89. The fourth-order valence-electron chi connectivity index (χ4n) is 2.29. The summed E-state index contributed by atoms with van der Waals surface area (Å²) in [6, 6.07) is 15.7. The molecule has 0 heterocycles. The molecule has 0 aliphatic heterocycles. The van der Waals surface area contributed by atoms with Crippen molar-refractivity contribution >= 4 is 17.0 Å². The predicted octanol–water partition coefficient (Wildman–Crippen LogP) is 4.06. The van der Waals surface area contributed by atoms with Crippen molar-refractivity contribution in [3.63, 3.8) is 0 Å². The summed E-state index contributed by atoms with van der Waals surface area (Å²) in [6.07, 6.45) is 0. The van der Waals surface area contributed by atoms with Gasteiger partial charge in [0.15, 0.2) is 0 Å². The van der Waals surface area contributed by atoms with Crippen LogP contribution in [0.5, 0.6) is 0 Å². The van der Waals surface area contributed by atoms with Crippen molar-refractivity contribution in [1.82, 2.24) is 0 Å². The summed E-state index contributed by atoms with van der Waals surface area (Å²) >= 11 is -2.33. The van der Waals surface area contributed by atoms with Crippen LogP contribution in [0.4, 0.5) is 5.69 Å². The molecule has 0 spiro atoms. The van der Waals surface area contributed by atoms with E-state index in [2.05, 4.69) is 0 Å². The summed E-state index contributed by atoms with van der Waals surface area (Å²) in [7, 11) is 0. The van der Waals surface area contributed by atoms with Gasteiger partial charge in [-0.05, 0) is 39.3 Å². The second-order valence-corrected chi connectivity index (χ2v) is 6.86. The molecule has 0 N–H and O–H groups in total. The molecule has 4 heteroatoms. The molecule has 0 bridgehead atoms. The van der Waals surface area contributed by atoms with Crippen LogP contribution < -0.4 is 4.31 Å². The van der Waals surface area contributed by atoms with Crippen molar-refractivity contribution in [3.05, 3.63) is 54.1 Å². The third-order valence-electron chi connectivity index (χ3n) is 3.24. The van der Waals surface area contributed by atoms with Crippen molar-refractivity contribution in [2.75, 3.05) is 4.31 Å². The van der Waals surface area contributed by atoms with E-state index in [-0.39, 0.29) is 0 Å². The van der Waals surface area contributed by atoms with Gasteiger partial charge in [0.25, 0.3) is 0 Å². The molecule has 0 saturated heterocycles. The summed E-state index contributed by atoms with van der Waals surface area (Å²) in [5.41, 5.74) is 3.28. The Balaban J connectivity index is 2.60. The average Bonchev–Trinajstić information content (AvgIpc) is 2.38. The Labute approximate surface area is 129 Å². The Bertz CT molecular complexity index is 645. The largest absolute Gasteiger partial charge is 0.755 e.